The quantitative estimate of drug-likeness (QED) is 0.320. The van der Waals surface area contributed by atoms with E-state index in [1.807, 2.05) is 18.4 Å². The maximum atomic E-state index is 15.5. The molecule has 40 heavy (non-hydrogen) atoms. The van der Waals surface area contributed by atoms with Crippen LogP contribution >= 0.6 is 0 Å². The molecule has 0 saturated carbocycles. The molecule has 206 valence electrons. The number of esters is 1. The number of hydrogen-bond donors (Lipinski definition) is 0. The molecule has 0 spiro atoms. The number of hydrogen-bond acceptors (Lipinski definition) is 6. The zero-order chi connectivity index (χ0) is 28.3. The summed E-state index contributed by atoms with van der Waals surface area (Å²) in [5.74, 6) is -0.793. The largest absolute Gasteiger partial charge is 0.489 e. The zero-order valence-corrected chi connectivity index (χ0v) is 23.0. The molecule has 6 rings (SSSR count). The third-order valence-corrected chi connectivity index (χ3v) is 9.33. The van der Waals surface area contributed by atoms with E-state index < -0.39 is 27.2 Å². The molecule has 3 aromatic carbocycles. The maximum absolute atomic E-state index is 15.5. The zero-order valence-electron chi connectivity index (χ0n) is 22.2. The number of carbonyl (C=O) groups is 1. The molecule has 0 bridgehead atoms. The Morgan fingerprint density at radius 3 is 2.60 bits per heavy atom. The molecule has 0 fully saturated rings. The first-order valence-corrected chi connectivity index (χ1v) is 14.4. The van der Waals surface area contributed by atoms with Crippen LogP contribution in [-0.2, 0) is 27.8 Å². The summed E-state index contributed by atoms with van der Waals surface area (Å²) in [7, 11) is -3.82. The number of fused-ring (bicyclic) bond motifs is 1. The molecule has 8 nitrogen and oxygen atoms in total. The summed E-state index contributed by atoms with van der Waals surface area (Å²) >= 11 is 0. The molecule has 0 N–H and O–H groups in total. The van der Waals surface area contributed by atoms with Gasteiger partial charge in [-0.25, -0.2) is 17.6 Å². The number of benzene rings is 3. The third kappa shape index (κ3) is 4.10. The molecule has 0 saturated heterocycles. The molecule has 3 heterocycles. The summed E-state index contributed by atoms with van der Waals surface area (Å²) in [6, 6.07) is 12.8. The SMILES string of the molecule is CCOC(=O)c1cn2c3c(c(-c4cc(F)c5c(c4)CN(S(=O)(=O)c4ccc(C)cc4)C5)ccc3c1=O)OC[C@@H]2C. The Morgan fingerprint density at radius 1 is 1.12 bits per heavy atom. The minimum Gasteiger partial charge on any atom is -0.489 e. The van der Waals surface area contributed by atoms with Gasteiger partial charge >= 0.3 is 5.97 Å². The van der Waals surface area contributed by atoms with Crippen LogP contribution < -0.4 is 10.2 Å². The molecule has 2 aliphatic heterocycles. The Kier molecular flexibility index (Phi) is 6.27. The lowest BCUT2D eigenvalue weighted by Crippen LogP contribution is -2.27. The van der Waals surface area contributed by atoms with Gasteiger partial charge in [0.25, 0.3) is 0 Å². The van der Waals surface area contributed by atoms with Crippen LogP contribution in [0.5, 0.6) is 5.75 Å². The Hall–Kier alpha value is -4.02. The highest BCUT2D eigenvalue weighted by Gasteiger charge is 2.33. The van der Waals surface area contributed by atoms with E-state index in [4.69, 9.17) is 9.47 Å². The summed E-state index contributed by atoms with van der Waals surface area (Å²) in [6.07, 6.45) is 1.50. The summed E-state index contributed by atoms with van der Waals surface area (Å²) in [6.45, 7) is 5.85. The lowest BCUT2D eigenvalue weighted by atomic mass is 9.96. The number of sulfonamides is 1. The summed E-state index contributed by atoms with van der Waals surface area (Å²) < 4.78 is 56.3. The number of rotatable bonds is 5. The summed E-state index contributed by atoms with van der Waals surface area (Å²) in [5, 5.41) is 0.299. The van der Waals surface area contributed by atoms with E-state index >= 15 is 4.39 Å². The van der Waals surface area contributed by atoms with Crippen LogP contribution in [0.1, 0.15) is 46.9 Å². The lowest BCUT2D eigenvalue weighted by Gasteiger charge is -2.28. The minimum atomic E-state index is -3.82. The maximum Gasteiger partial charge on any atom is 0.343 e. The standard InChI is InChI=1S/C30H27FN2O6S/c1-4-38-30(35)25-15-33-18(3)16-39-29-22(9-10-23(27(29)33)28(25)34)19-11-20-13-32(14-24(20)26(31)12-19)40(36,37)21-7-5-17(2)6-8-21/h5-12,15,18H,4,13-14,16H2,1-3H3/t18-/m0/s1. The second kappa shape index (κ2) is 9.57. The molecule has 0 unspecified atom stereocenters. The predicted octanol–water partition coefficient (Wildman–Crippen LogP) is 4.95. The molecule has 2 aliphatic rings. The monoisotopic (exact) mass is 562 g/mol. The highest BCUT2D eigenvalue weighted by Crippen LogP contribution is 2.42. The molecule has 10 heteroatoms. The molecular weight excluding hydrogens is 535 g/mol. The molecule has 4 aromatic rings. The summed E-state index contributed by atoms with van der Waals surface area (Å²) in [4.78, 5) is 25.9. The smallest absolute Gasteiger partial charge is 0.343 e. The van der Waals surface area contributed by atoms with Crippen molar-refractivity contribution < 1.29 is 27.1 Å². The van der Waals surface area contributed by atoms with Gasteiger partial charge < -0.3 is 14.0 Å². The van der Waals surface area contributed by atoms with E-state index in [1.54, 1.807) is 49.4 Å². The number of ether oxygens (including phenoxy) is 2. The van der Waals surface area contributed by atoms with Gasteiger partial charge in [-0.2, -0.15) is 4.31 Å². The number of aryl methyl sites for hydroxylation is 1. The topological polar surface area (TPSA) is 94.9 Å². The predicted molar refractivity (Wildman–Crippen MR) is 147 cm³/mol. The fraction of sp³-hybridized carbons (Fsp3) is 0.267. The van der Waals surface area contributed by atoms with Crippen LogP contribution in [0.4, 0.5) is 4.39 Å². The lowest BCUT2D eigenvalue weighted by molar-refractivity contribution is 0.0523. The van der Waals surface area contributed by atoms with Crippen molar-refractivity contribution in [1.82, 2.24) is 8.87 Å². The van der Waals surface area contributed by atoms with Gasteiger partial charge in [0.1, 0.15) is 18.0 Å². The van der Waals surface area contributed by atoms with E-state index in [0.29, 0.717) is 38.9 Å². The van der Waals surface area contributed by atoms with Crippen molar-refractivity contribution in [1.29, 1.82) is 0 Å². The van der Waals surface area contributed by atoms with E-state index in [0.717, 1.165) is 5.56 Å². The average molecular weight is 563 g/mol. The van der Waals surface area contributed by atoms with Gasteiger partial charge in [-0.3, -0.25) is 4.79 Å². The fourth-order valence-corrected chi connectivity index (χ4v) is 6.78. The van der Waals surface area contributed by atoms with Crippen molar-refractivity contribution in [2.24, 2.45) is 0 Å². The molecule has 0 radical (unpaired) electrons. The Labute approximate surface area is 230 Å². The second-order valence-corrected chi connectivity index (χ2v) is 12.1. The Bertz CT molecular complexity index is 1860. The molecule has 0 aliphatic carbocycles. The van der Waals surface area contributed by atoms with Crippen molar-refractivity contribution >= 4 is 26.9 Å². The normalized spacial score (nSPS) is 16.6. The van der Waals surface area contributed by atoms with Crippen molar-refractivity contribution in [2.75, 3.05) is 13.2 Å². The van der Waals surface area contributed by atoms with Gasteiger partial charge in [0.05, 0.1) is 28.4 Å². The van der Waals surface area contributed by atoms with Crippen LogP contribution in [0.3, 0.4) is 0 Å². The van der Waals surface area contributed by atoms with Crippen LogP contribution in [0, 0.1) is 12.7 Å². The Balaban J connectivity index is 1.44. The van der Waals surface area contributed by atoms with Crippen molar-refractivity contribution in [3.8, 4) is 16.9 Å². The average Bonchev–Trinajstić information content (AvgIpc) is 3.38. The van der Waals surface area contributed by atoms with Gasteiger partial charge in [-0.1, -0.05) is 17.7 Å². The molecule has 0 amide bonds. The first-order valence-electron chi connectivity index (χ1n) is 13.0. The van der Waals surface area contributed by atoms with Crippen LogP contribution in [-0.4, -0.2) is 36.5 Å². The van der Waals surface area contributed by atoms with Gasteiger partial charge in [0.15, 0.2) is 5.75 Å². The first-order chi connectivity index (χ1) is 19.1. The highest BCUT2D eigenvalue weighted by atomic mass is 32.2. The number of halogens is 1. The van der Waals surface area contributed by atoms with Crippen LogP contribution in [0.15, 0.2) is 64.4 Å². The molecule has 1 aromatic heterocycles. The fourth-order valence-electron chi connectivity index (χ4n) is 5.40. The van der Waals surface area contributed by atoms with E-state index in [9.17, 15) is 18.0 Å². The minimum absolute atomic E-state index is 0.0325. The van der Waals surface area contributed by atoms with Crippen molar-refractivity contribution in [2.45, 2.75) is 44.8 Å². The van der Waals surface area contributed by atoms with Gasteiger partial charge in [-0.15, -0.1) is 0 Å². The van der Waals surface area contributed by atoms with Crippen molar-refractivity contribution in [3.05, 3.63) is 93.0 Å². The van der Waals surface area contributed by atoms with Gasteiger partial charge in [0.2, 0.25) is 15.5 Å². The number of carbonyl (C=O) groups excluding carboxylic acids is 1. The van der Waals surface area contributed by atoms with Crippen molar-refractivity contribution in [3.63, 3.8) is 0 Å². The van der Waals surface area contributed by atoms with Gasteiger partial charge in [-0.05, 0) is 68.3 Å². The molecular formula is C30H27FN2O6S. The Morgan fingerprint density at radius 2 is 1.88 bits per heavy atom. The van der Waals surface area contributed by atoms with E-state index in [2.05, 4.69) is 0 Å². The second-order valence-electron chi connectivity index (χ2n) is 10.2. The number of pyridine rings is 1. The van der Waals surface area contributed by atoms with E-state index in [1.165, 1.54) is 16.6 Å². The van der Waals surface area contributed by atoms with Crippen LogP contribution in [0.25, 0.3) is 22.0 Å². The number of nitrogens with zero attached hydrogens (tertiary/aromatic N) is 2. The molecule has 1 atom stereocenters. The first kappa shape index (κ1) is 26.2. The van der Waals surface area contributed by atoms with E-state index in [-0.39, 0.29) is 42.8 Å². The highest BCUT2D eigenvalue weighted by molar-refractivity contribution is 7.89. The van der Waals surface area contributed by atoms with Gasteiger partial charge in [0, 0.05) is 30.4 Å². The summed E-state index contributed by atoms with van der Waals surface area (Å²) in [5.41, 5.74) is 2.91. The number of aromatic nitrogens is 1. The van der Waals surface area contributed by atoms with Crippen LogP contribution in [0.2, 0.25) is 0 Å². The third-order valence-electron chi connectivity index (χ3n) is 7.53.